The van der Waals surface area contributed by atoms with Crippen LogP contribution in [0.2, 0.25) is 5.02 Å². The van der Waals surface area contributed by atoms with Crippen LogP contribution in [-0.2, 0) is 9.59 Å². The fourth-order valence-corrected chi connectivity index (χ4v) is 9.61. The molecule has 5 heterocycles. The molecule has 1 aliphatic carbocycles. The van der Waals surface area contributed by atoms with Gasteiger partial charge in [0.1, 0.15) is 24.0 Å². The second kappa shape index (κ2) is 15.0. The van der Waals surface area contributed by atoms with E-state index in [1.54, 1.807) is 30.3 Å². The first-order valence-corrected chi connectivity index (χ1v) is 20.1. The third kappa shape index (κ3) is 7.02. The van der Waals surface area contributed by atoms with E-state index in [4.69, 9.17) is 16.3 Å². The number of amides is 5. The van der Waals surface area contributed by atoms with Crippen molar-refractivity contribution in [2.75, 3.05) is 44.2 Å². The fourth-order valence-electron chi connectivity index (χ4n) is 9.39. The fraction of sp³-hybridized carbons (Fsp3) is 0.409. The van der Waals surface area contributed by atoms with Gasteiger partial charge in [-0.1, -0.05) is 23.4 Å². The van der Waals surface area contributed by atoms with Crippen molar-refractivity contribution >= 4 is 46.8 Å². The van der Waals surface area contributed by atoms with E-state index in [1.165, 1.54) is 0 Å². The standard InChI is InChI=1S/C44H41ClN6O6/c45-36-20-33(10-7-30(36)21-46)57-40-31-8-12-37(40)50(25-31)42(54)29-5-3-26(4-6-29)1-2-27-15-17-48(18-16-27)22-28-23-49(24-28)32-9-11-34-35(19-32)44(56)51(43(34)55)38-13-14-39(52)47-41(38)53/h3-7,9-11,19-20,27-28,31,37-38,40H,8,12-18,22-25H2,(H,47,52,53). The molecule has 5 fully saturated rings. The van der Waals surface area contributed by atoms with E-state index in [0.29, 0.717) is 51.4 Å². The van der Waals surface area contributed by atoms with Gasteiger partial charge in [0.2, 0.25) is 11.8 Å². The predicted molar refractivity (Wildman–Crippen MR) is 209 cm³/mol. The molecule has 3 aromatic rings. The Morgan fingerprint density at radius 2 is 1.65 bits per heavy atom. The molecule has 5 amide bonds. The van der Waals surface area contributed by atoms with Gasteiger partial charge in [0.05, 0.1) is 27.8 Å². The van der Waals surface area contributed by atoms with Crippen LogP contribution in [0.15, 0.2) is 60.7 Å². The van der Waals surface area contributed by atoms with Gasteiger partial charge in [-0.25, -0.2) is 0 Å². The van der Waals surface area contributed by atoms with Crippen LogP contribution in [0.4, 0.5) is 5.69 Å². The first-order chi connectivity index (χ1) is 27.6. The Hall–Kier alpha value is -5.69. The average molecular weight is 785 g/mol. The number of piperidine rings is 3. The number of carbonyl (C=O) groups excluding carboxylic acids is 5. The van der Waals surface area contributed by atoms with Gasteiger partial charge in [0.25, 0.3) is 17.7 Å². The molecule has 4 atom stereocenters. The van der Waals surface area contributed by atoms with Crippen LogP contribution in [0.25, 0.3) is 0 Å². The lowest BCUT2D eigenvalue weighted by Crippen LogP contribution is -2.54. The zero-order valence-corrected chi connectivity index (χ0v) is 32.0. The van der Waals surface area contributed by atoms with E-state index in [2.05, 4.69) is 33.0 Å². The van der Waals surface area contributed by atoms with E-state index in [9.17, 15) is 29.2 Å². The summed E-state index contributed by atoms with van der Waals surface area (Å²) in [7, 11) is 0. The molecule has 12 nitrogen and oxygen atoms in total. The molecule has 5 aliphatic heterocycles. The maximum atomic E-state index is 13.6. The highest BCUT2D eigenvalue weighted by atomic mass is 35.5. The van der Waals surface area contributed by atoms with Crippen molar-refractivity contribution in [2.45, 2.75) is 56.7 Å². The summed E-state index contributed by atoms with van der Waals surface area (Å²) in [6.07, 6.45) is 4.04. The topological polar surface area (TPSA) is 143 Å². The molecule has 57 heavy (non-hydrogen) atoms. The molecule has 13 heteroatoms. The molecular formula is C44H41ClN6O6. The van der Waals surface area contributed by atoms with Crippen LogP contribution in [0.1, 0.15) is 80.7 Å². The van der Waals surface area contributed by atoms with Crippen molar-refractivity contribution in [1.29, 1.82) is 5.26 Å². The lowest BCUT2D eigenvalue weighted by molar-refractivity contribution is -0.136. The quantitative estimate of drug-likeness (QED) is 0.271. The van der Waals surface area contributed by atoms with E-state index in [1.807, 2.05) is 35.2 Å². The molecular weight excluding hydrogens is 744 g/mol. The molecule has 0 aromatic heterocycles. The molecule has 4 saturated heterocycles. The minimum Gasteiger partial charge on any atom is -0.488 e. The molecule has 1 saturated carbocycles. The van der Waals surface area contributed by atoms with E-state index < -0.39 is 29.7 Å². The Labute approximate surface area is 335 Å². The number of hydrogen-bond donors (Lipinski definition) is 1. The third-order valence-corrected chi connectivity index (χ3v) is 12.8. The largest absolute Gasteiger partial charge is 0.488 e. The molecule has 3 aromatic carbocycles. The summed E-state index contributed by atoms with van der Waals surface area (Å²) < 4.78 is 6.32. The number of benzene rings is 3. The van der Waals surface area contributed by atoms with E-state index >= 15 is 0 Å². The molecule has 6 aliphatic rings. The molecule has 0 spiro atoms. The van der Waals surface area contributed by atoms with Crippen LogP contribution in [0.3, 0.4) is 0 Å². The van der Waals surface area contributed by atoms with Crippen LogP contribution in [0.5, 0.6) is 5.75 Å². The van der Waals surface area contributed by atoms with Crippen molar-refractivity contribution in [3.05, 3.63) is 93.5 Å². The molecule has 2 bridgehead atoms. The summed E-state index contributed by atoms with van der Waals surface area (Å²) in [6, 6.07) is 19.1. The zero-order chi connectivity index (χ0) is 39.4. The molecule has 4 unspecified atom stereocenters. The van der Waals surface area contributed by atoms with Gasteiger partial charge in [0, 0.05) is 73.2 Å². The summed E-state index contributed by atoms with van der Waals surface area (Å²) in [4.78, 5) is 71.5. The molecule has 9 rings (SSSR count). The lowest BCUT2D eigenvalue weighted by Gasteiger charge is -2.44. The Balaban J connectivity index is 0.726. The average Bonchev–Trinajstić information content (AvgIpc) is 3.83. The maximum Gasteiger partial charge on any atom is 0.262 e. The number of anilines is 1. The van der Waals surface area contributed by atoms with E-state index in [-0.39, 0.29) is 36.8 Å². The molecule has 1 N–H and O–H groups in total. The highest BCUT2D eigenvalue weighted by Gasteiger charge is 2.50. The number of nitrogens with one attached hydrogen (secondary N) is 1. The highest BCUT2D eigenvalue weighted by Crippen LogP contribution is 2.41. The Morgan fingerprint density at radius 3 is 2.39 bits per heavy atom. The highest BCUT2D eigenvalue weighted by molar-refractivity contribution is 6.31. The van der Waals surface area contributed by atoms with Gasteiger partial charge in [-0.3, -0.25) is 34.2 Å². The number of carbonyl (C=O) groups is 5. The van der Waals surface area contributed by atoms with Crippen molar-refractivity contribution in [3.63, 3.8) is 0 Å². The summed E-state index contributed by atoms with van der Waals surface area (Å²) in [5, 5.41) is 11.8. The van der Waals surface area contributed by atoms with Gasteiger partial charge < -0.3 is 19.4 Å². The summed E-state index contributed by atoms with van der Waals surface area (Å²) in [5.41, 5.74) is 3.43. The number of imide groups is 2. The van der Waals surface area contributed by atoms with Gasteiger partial charge in [-0.2, -0.15) is 5.26 Å². The van der Waals surface area contributed by atoms with Crippen molar-refractivity contribution in [1.82, 2.24) is 20.0 Å². The first kappa shape index (κ1) is 36.9. The normalized spacial score (nSPS) is 24.8. The third-order valence-electron chi connectivity index (χ3n) is 12.5. The number of ether oxygens (including phenoxy) is 1. The number of nitrogens with zero attached hydrogens (tertiary/aromatic N) is 5. The van der Waals surface area contributed by atoms with Crippen molar-refractivity contribution in [2.24, 2.45) is 17.8 Å². The number of rotatable bonds is 7. The van der Waals surface area contributed by atoms with Gasteiger partial charge in [-0.15, -0.1) is 0 Å². The number of nitriles is 1. The second-order valence-electron chi connectivity index (χ2n) is 16.1. The zero-order valence-electron chi connectivity index (χ0n) is 31.3. The minimum absolute atomic E-state index is 0.00293. The monoisotopic (exact) mass is 784 g/mol. The Morgan fingerprint density at radius 1 is 0.877 bits per heavy atom. The minimum atomic E-state index is -0.970. The van der Waals surface area contributed by atoms with Gasteiger partial charge in [-0.05, 0) is 99.8 Å². The smallest absolute Gasteiger partial charge is 0.262 e. The molecule has 290 valence electrons. The number of hydrogen-bond acceptors (Lipinski definition) is 9. The predicted octanol–water partition coefficient (Wildman–Crippen LogP) is 4.49. The number of halogens is 1. The SMILES string of the molecule is N#Cc1ccc(OC2C3CCC2N(C(=O)c2ccc(C#CC4CCN(CC5CN(c6ccc7c(c6)C(=O)N(C6CCC(=O)NC6=O)C7=O)C5)CC4)cc2)C3)cc1Cl. The summed E-state index contributed by atoms with van der Waals surface area (Å²) >= 11 is 6.22. The number of fused-ring (bicyclic) bond motifs is 3. The summed E-state index contributed by atoms with van der Waals surface area (Å²) in [6.45, 7) is 5.33. The maximum absolute atomic E-state index is 13.6. The van der Waals surface area contributed by atoms with E-state index in [0.717, 1.165) is 74.6 Å². The van der Waals surface area contributed by atoms with Crippen molar-refractivity contribution in [3.8, 4) is 23.7 Å². The van der Waals surface area contributed by atoms with Crippen LogP contribution < -0.4 is 15.0 Å². The Kier molecular flexibility index (Phi) is 9.71. The first-order valence-electron chi connectivity index (χ1n) is 19.8. The van der Waals surface area contributed by atoms with Crippen LogP contribution in [-0.4, -0.2) is 102 Å². The summed E-state index contributed by atoms with van der Waals surface area (Å²) in [5.74, 6) is 6.53. The Bertz CT molecular complexity index is 2280. The second-order valence-corrected chi connectivity index (χ2v) is 16.5. The lowest BCUT2D eigenvalue weighted by atomic mass is 9.93. The molecule has 0 radical (unpaired) electrons. The van der Waals surface area contributed by atoms with Crippen molar-refractivity contribution < 1.29 is 28.7 Å². The van der Waals surface area contributed by atoms with Gasteiger partial charge in [0.15, 0.2) is 0 Å². The van der Waals surface area contributed by atoms with Gasteiger partial charge >= 0.3 is 0 Å². The van der Waals surface area contributed by atoms with Crippen LogP contribution >= 0.6 is 11.6 Å². The van der Waals surface area contributed by atoms with Crippen LogP contribution in [0, 0.1) is 40.9 Å². The number of likely N-dealkylation sites (tertiary alicyclic amines) is 2.